The van der Waals surface area contributed by atoms with Crippen molar-refractivity contribution >= 4 is 17.7 Å². The number of hydrogen-bond acceptors (Lipinski definition) is 2. The maximum Gasteiger partial charge on any atom is 0.303 e. The fourth-order valence-electron chi connectivity index (χ4n) is 2.03. The Morgan fingerprint density at radius 1 is 1.60 bits per heavy atom. The van der Waals surface area contributed by atoms with Crippen LogP contribution in [-0.4, -0.2) is 16.8 Å². The molecule has 3 heteroatoms. The van der Waals surface area contributed by atoms with E-state index in [1.165, 1.54) is 16.0 Å². The summed E-state index contributed by atoms with van der Waals surface area (Å²) in [4.78, 5) is 12.0. The summed E-state index contributed by atoms with van der Waals surface area (Å²) in [6, 6.07) is 6.28. The standard InChI is InChI=1S/C12H14O2S/c1-8-3-2-4-10-5-9(6-11(13)14)7-15-12(8)10/h2-4,9H,5-7H2,1H3,(H,13,14). The van der Waals surface area contributed by atoms with E-state index in [2.05, 4.69) is 25.1 Å². The molecule has 0 saturated carbocycles. The number of fused-ring (bicyclic) bond motifs is 1. The molecule has 0 fully saturated rings. The molecule has 2 nitrogen and oxygen atoms in total. The molecule has 80 valence electrons. The minimum absolute atomic E-state index is 0.292. The third-order valence-corrected chi connectivity index (χ3v) is 4.24. The van der Waals surface area contributed by atoms with Gasteiger partial charge in [0.25, 0.3) is 0 Å². The number of aliphatic carboxylic acids is 1. The third kappa shape index (κ3) is 2.34. The van der Waals surface area contributed by atoms with Gasteiger partial charge in [-0.2, -0.15) is 0 Å². The second kappa shape index (κ2) is 4.27. The van der Waals surface area contributed by atoms with Crippen LogP contribution in [0, 0.1) is 12.8 Å². The number of benzene rings is 1. The highest BCUT2D eigenvalue weighted by atomic mass is 32.2. The van der Waals surface area contributed by atoms with Gasteiger partial charge in [0.05, 0.1) is 0 Å². The van der Waals surface area contributed by atoms with E-state index in [4.69, 9.17) is 5.11 Å². The molecule has 0 radical (unpaired) electrons. The Hall–Kier alpha value is -0.960. The number of aryl methyl sites for hydroxylation is 1. The van der Waals surface area contributed by atoms with E-state index in [1.54, 1.807) is 11.8 Å². The summed E-state index contributed by atoms with van der Waals surface area (Å²) in [7, 11) is 0. The lowest BCUT2D eigenvalue weighted by molar-refractivity contribution is -0.137. The average Bonchev–Trinajstić information content (AvgIpc) is 2.17. The third-order valence-electron chi connectivity index (χ3n) is 2.73. The predicted molar refractivity (Wildman–Crippen MR) is 61.3 cm³/mol. The molecule has 0 aromatic heterocycles. The Kier molecular flexibility index (Phi) is 3.00. The molecule has 1 unspecified atom stereocenters. The zero-order valence-corrected chi connectivity index (χ0v) is 9.51. The van der Waals surface area contributed by atoms with Gasteiger partial charge in [-0.15, -0.1) is 11.8 Å². The monoisotopic (exact) mass is 222 g/mol. The van der Waals surface area contributed by atoms with E-state index in [1.807, 2.05) is 0 Å². The summed E-state index contributed by atoms with van der Waals surface area (Å²) in [6.45, 7) is 2.11. The van der Waals surface area contributed by atoms with E-state index in [0.29, 0.717) is 12.3 Å². The number of hydrogen-bond donors (Lipinski definition) is 1. The molecule has 0 aliphatic carbocycles. The van der Waals surface area contributed by atoms with Crippen molar-refractivity contribution in [1.82, 2.24) is 0 Å². The first kappa shape index (κ1) is 10.6. The summed E-state index contributed by atoms with van der Waals surface area (Å²) >= 11 is 1.80. The lowest BCUT2D eigenvalue weighted by Crippen LogP contribution is -2.17. The largest absolute Gasteiger partial charge is 0.481 e. The van der Waals surface area contributed by atoms with Crippen LogP contribution in [0.2, 0.25) is 0 Å². The molecule has 15 heavy (non-hydrogen) atoms. The SMILES string of the molecule is Cc1cccc2c1SCC(CC(=O)O)C2. The van der Waals surface area contributed by atoms with Crippen LogP contribution in [0.4, 0.5) is 0 Å². The maximum atomic E-state index is 10.6. The van der Waals surface area contributed by atoms with Crippen molar-refractivity contribution in [3.63, 3.8) is 0 Å². The van der Waals surface area contributed by atoms with Gasteiger partial charge in [-0.3, -0.25) is 4.79 Å². The number of carboxylic acids is 1. The fourth-order valence-corrected chi connectivity index (χ4v) is 3.30. The zero-order chi connectivity index (χ0) is 10.8. The zero-order valence-electron chi connectivity index (χ0n) is 8.69. The van der Waals surface area contributed by atoms with Crippen LogP contribution >= 0.6 is 11.8 Å². The van der Waals surface area contributed by atoms with E-state index in [-0.39, 0.29) is 0 Å². The molecular formula is C12H14O2S. The van der Waals surface area contributed by atoms with Gasteiger partial charge in [0.15, 0.2) is 0 Å². The molecule has 1 aliphatic rings. The molecule has 1 N–H and O–H groups in total. The van der Waals surface area contributed by atoms with E-state index >= 15 is 0 Å². The maximum absolute atomic E-state index is 10.6. The molecule has 0 amide bonds. The number of rotatable bonds is 2. The van der Waals surface area contributed by atoms with Crippen LogP contribution in [0.25, 0.3) is 0 Å². The van der Waals surface area contributed by atoms with Crippen molar-refractivity contribution in [2.75, 3.05) is 5.75 Å². The normalized spacial score (nSPS) is 19.7. The van der Waals surface area contributed by atoms with E-state index in [0.717, 1.165) is 12.2 Å². The van der Waals surface area contributed by atoms with Crippen molar-refractivity contribution in [1.29, 1.82) is 0 Å². The molecule has 1 heterocycles. The second-order valence-corrected chi connectivity index (χ2v) is 5.07. The van der Waals surface area contributed by atoms with Gasteiger partial charge in [-0.25, -0.2) is 0 Å². The molecule has 0 bridgehead atoms. The number of carboxylic acid groups (broad SMARTS) is 1. The quantitative estimate of drug-likeness (QED) is 0.836. The van der Waals surface area contributed by atoms with Crippen LogP contribution < -0.4 is 0 Å². The first-order valence-electron chi connectivity index (χ1n) is 5.10. The molecule has 1 atom stereocenters. The Balaban J connectivity index is 2.17. The second-order valence-electron chi connectivity index (χ2n) is 4.04. The number of thioether (sulfide) groups is 1. The lowest BCUT2D eigenvalue weighted by atomic mass is 9.96. The minimum Gasteiger partial charge on any atom is -0.481 e. The highest BCUT2D eigenvalue weighted by molar-refractivity contribution is 7.99. The van der Waals surface area contributed by atoms with Crippen LogP contribution in [0.3, 0.4) is 0 Å². The smallest absolute Gasteiger partial charge is 0.303 e. The predicted octanol–water partition coefficient (Wildman–Crippen LogP) is 2.73. The van der Waals surface area contributed by atoms with Crippen molar-refractivity contribution in [2.24, 2.45) is 5.92 Å². The summed E-state index contributed by atoms with van der Waals surface area (Å²) in [5.41, 5.74) is 2.63. The van der Waals surface area contributed by atoms with Gasteiger partial charge in [0, 0.05) is 17.1 Å². The Morgan fingerprint density at radius 3 is 3.13 bits per heavy atom. The molecule has 0 saturated heterocycles. The van der Waals surface area contributed by atoms with Gasteiger partial charge in [-0.1, -0.05) is 18.2 Å². The van der Waals surface area contributed by atoms with Gasteiger partial charge in [0.2, 0.25) is 0 Å². The average molecular weight is 222 g/mol. The van der Waals surface area contributed by atoms with Gasteiger partial charge < -0.3 is 5.11 Å². The molecule has 1 aliphatic heterocycles. The highest BCUT2D eigenvalue weighted by Crippen LogP contribution is 2.36. The number of carbonyl (C=O) groups is 1. The van der Waals surface area contributed by atoms with Crippen molar-refractivity contribution in [3.8, 4) is 0 Å². The van der Waals surface area contributed by atoms with E-state index < -0.39 is 5.97 Å². The summed E-state index contributed by atoms with van der Waals surface area (Å²) < 4.78 is 0. The molecular weight excluding hydrogens is 208 g/mol. The fraction of sp³-hybridized carbons (Fsp3) is 0.417. The summed E-state index contributed by atoms with van der Waals surface area (Å²) in [5.74, 6) is 0.544. The molecule has 2 rings (SSSR count). The Labute approximate surface area is 93.7 Å². The van der Waals surface area contributed by atoms with Crippen molar-refractivity contribution < 1.29 is 9.90 Å². The Bertz CT molecular complexity index is 387. The van der Waals surface area contributed by atoms with Gasteiger partial charge >= 0.3 is 5.97 Å². The first-order chi connectivity index (χ1) is 7.16. The first-order valence-corrected chi connectivity index (χ1v) is 6.08. The highest BCUT2D eigenvalue weighted by Gasteiger charge is 2.21. The van der Waals surface area contributed by atoms with Crippen molar-refractivity contribution in [3.05, 3.63) is 29.3 Å². The molecule has 1 aromatic carbocycles. The summed E-state index contributed by atoms with van der Waals surface area (Å²) in [6.07, 6.45) is 1.21. The molecule has 1 aromatic rings. The van der Waals surface area contributed by atoms with Crippen LogP contribution in [0.1, 0.15) is 17.5 Å². The van der Waals surface area contributed by atoms with Crippen LogP contribution in [-0.2, 0) is 11.2 Å². The minimum atomic E-state index is -0.684. The van der Waals surface area contributed by atoms with Crippen LogP contribution in [0.5, 0.6) is 0 Å². The van der Waals surface area contributed by atoms with Crippen LogP contribution in [0.15, 0.2) is 23.1 Å². The summed E-state index contributed by atoms with van der Waals surface area (Å²) in [5, 5.41) is 8.76. The Morgan fingerprint density at radius 2 is 2.40 bits per heavy atom. The topological polar surface area (TPSA) is 37.3 Å². The van der Waals surface area contributed by atoms with Gasteiger partial charge in [-0.05, 0) is 30.4 Å². The lowest BCUT2D eigenvalue weighted by Gasteiger charge is -2.24. The molecule has 0 spiro atoms. The van der Waals surface area contributed by atoms with Gasteiger partial charge in [0.1, 0.15) is 0 Å². The van der Waals surface area contributed by atoms with Crippen molar-refractivity contribution in [2.45, 2.75) is 24.7 Å². The van der Waals surface area contributed by atoms with E-state index in [9.17, 15) is 4.79 Å².